The van der Waals surface area contributed by atoms with Crippen molar-refractivity contribution >= 4 is 56.7 Å². The minimum atomic E-state index is -0.0223. The highest BCUT2D eigenvalue weighted by Crippen LogP contribution is 2.30. The van der Waals surface area contributed by atoms with E-state index in [2.05, 4.69) is 16.9 Å². The Hall–Kier alpha value is -1.76. The fraction of sp³-hybridized carbons (Fsp3) is 0.111. The molecule has 24 heavy (non-hydrogen) atoms. The summed E-state index contributed by atoms with van der Waals surface area (Å²) in [6.07, 6.45) is 1.85. The molecule has 0 aliphatic carbocycles. The summed E-state index contributed by atoms with van der Waals surface area (Å²) in [5, 5.41) is 2.99. The Bertz CT molecular complexity index is 827. The zero-order valence-corrected chi connectivity index (χ0v) is 15.3. The van der Waals surface area contributed by atoms with Crippen molar-refractivity contribution in [2.45, 2.75) is 9.24 Å². The summed E-state index contributed by atoms with van der Waals surface area (Å²) in [6.45, 7) is 3.73. The monoisotopic (exact) mass is 372 g/mol. The lowest BCUT2D eigenvalue weighted by molar-refractivity contribution is -0.113. The van der Waals surface area contributed by atoms with Crippen LogP contribution in [-0.4, -0.2) is 22.4 Å². The van der Waals surface area contributed by atoms with E-state index in [1.54, 1.807) is 23.1 Å². The molecule has 0 atom stereocenters. The van der Waals surface area contributed by atoms with Gasteiger partial charge in [-0.2, -0.15) is 0 Å². The molecule has 0 aliphatic rings. The molecule has 2 aromatic carbocycles. The number of carbonyl (C=O) groups excluding carboxylic acids is 1. The van der Waals surface area contributed by atoms with Gasteiger partial charge in [0.25, 0.3) is 0 Å². The number of thioether (sulfide) groups is 2. The van der Waals surface area contributed by atoms with E-state index < -0.39 is 0 Å². The van der Waals surface area contributed by atoms with Crippen LogP contribution in [0.3, 0.4) is 0 Å². The summed E-state index contributed by atoms with van der Waals surface area (Å²) >= 11 is 4.74. The third-order valence-electron chi connectivity index (χ3n) is 3.12. The molecular formula is C18H16N2OS3. The lowest BCUT2D eigenvalue weighted by Crippen LogP contribution is -2.14. The summed E-state index contributed by atoms with van der Waals surface area (Å²) in [4.78, 5) is 17.8. The van der Waals surface area contributed by atoms with Crippen LogP contribution in [0.4, 0.5) is 5.69 Å². The Labute approximate surface area is 153 Å². The van der Waals surface area contributed by atoms with Crippen LogP contribution in [0, 0.1) is 0 Å². The maximum atomic E-state index is 12.2. The van der Waals surface area contributed by atoms with Crippen molar-refractivity contribution in [2.75, 3.05) is 16.8 Å². The number of anilines is 1. The first-order valence-electron chi connectivity index (χ1n) is 7.37. The first kappa shape index (κ1) is 17.1. The van der Waals surface area contributed by atoms with Crippen LogP contribution in [0.1, 0.15) is 0 Å². The van der Waals surface area contributed by atoms with Gasteiger partial charge in [0, 0.05) is 10.6 Å². The summed E-state index contributed by atoms with van der Waals surface area (Å²) in [6, 6.07) is 15.8. The van der Waals surface area contributed by atoms with Gasteiger partial charge in [0.05, 0.1) is 21.7 Å². The van der Waals surface area contributed by atoms with Gasteiger partial charge in [-0.25, -0.2) is 4.98 Å². The summed E-state index contributed by atoms with van der Waals surface area (Å²) in [5.41, 5.74) is 1.83. The lowest BCUT2D eigenvalue weighted by atomic mass is 10.3. The van der Waals surface area contributed by atoms with Gasteiger partial charge in [-0.05, 0) is 24.3 Å². The van der Waals surface area contributed by atoms with E-state index in [1.165, 1.54) is 11.8 Å². The van der Waals surface area contributed by atoms with Crippen LogP contribution < -0.4 is 5.32 Å². The molecule has 1 aromatic heterocycles. The topological polar surface area (TPSA) is 42.0 Å². The number of nitrogens with zero attached hydrogens (tertiary/aromatic N) is 1. The van der Waals surface area contributed by atoms with Crippen molar-refractivity contribution in [3.63, 3.8) is 0 Å². The molecule has 0 fully saturated rings. The standard InChI is InChI=1S/C18H16N2OS3/c1-2-11-22-15-9-5-3-7-13(15)19-17(21)12-23-18-20-14-8-4-6-10-16(14)24-18/h2-10H,1,11-12H2,(H,19,21). The summed E-state index contributed by atoms with van der Waals surface area (Å²) in [7, 11) is 0. The van der Waals surface area contributed by atoms with Crippen molar-refractivity contribution in [2.24, 2.45) is 0 Å². The number of carbonyl (C=O) groups is 1. The summed E-state index contributed by atoms with van der Waals surface area (Å²) in [5.74, 6) is 1.14. The van der Waals surface area contributed by atoms with Gasteiger partial charge in [-0.15, -0.1) is 29.7 Å². The van der Waals surface area contributed by atoms with E-state index in [0.29, 0.717) is 5.75 Å². The Balaban J connectivity index is 1.60. The maximum Gasteiger partial charge on any atom is 0.234 e. The van der Waals surface area contributed by atoms with Gasteiger partial charge in [-0.1, -0.05) is 42.1 Å². The fourth-order valence-corrected chi connectivity index (χ4v) is 4.69. The zero-order valence-electron chi connectivity index (χ0n) is 12.9. The molecule has 1 heterocycles. The molecular weight excluding hydrogens is 356 g/mol. The molecule has 1 N–H and O–H groups in total. The quantitative estimate of drug-likeness (QED) is 0.451. The second-order valence-electron chi connectivity index (χ2n) is 4.88. The average molecular weight is 373 g/mol. The number of fused-ring (bicyclic) bond motifs is 1. The molecule has 0 saturated heterocycles. The van der Waals surface area contributed by atoms with Crippen molar-refractivity contribution in [1.82, 2.24) is 4.98 Å². The number of aromatic nitrogens is 1. The third kappa shape index (κ3) is 4.41. The molecule has 3 rings (SSSR count). The Morgan fingerprint density at radius 3 is 2.79 bits per heavy atom. The van der Waals surface area contributed by atoms with E-state index in [0.717, 1.165) is 30.9 Å². The molecule has 6 heteroatoms. The number of benzene rings is 2. The zero-order chi connectivity index (χ0) is 16.8. The molecule has 0 unspecified atom stereocenters. The third-order valence-corrected chi connectivity index (χ3v) is 6.37. The van der Waals surface area contributed by atoms with Crippen LogP contribution in [-0.2, 0) is 4.79 Å². The Morgan fingerprint density at radius 1 is 1.17 bits per heavy atom. The van der Waals surface area contributed by atoms with Gasteiger partial charge < -0.3 is 5.32 Å². The minimum Gasteiger partial charge on any atom is -0.324 e. The first-order valence-corrected chi connectivity index (χ1v) is 10.2. The number of rotatable bonds is 7. The molecule has 122 valence electrons. The predicted octanol–water partition coefficient (Wildman–Crippen LogP) is 5.31. The van der Waals surface area contributed by atoms with Crippen LogP contribution in [0.25, 0.3) is 10.2 Å². The second-order valence-corrected chi connectivity index (χ2v) is 8.20. The molecule has 0 aliphatic heterocycles. The number of hydrogen-bond donors (Lipinski definition) is 1. The molecule has 0 saturated carbocycles. The highest BCUT2D eigenvalue weighted by molar-refractivity contribution is 8.01. The van der Waals surface area contributed by atoms with Gasteiger partial charge in [0.15, 0.2) is 4.34 Å². The Morgan fingerprint density at radius 2 is 1.96 bits per heavy atom. The Kier molecular flexibility index (Phi) is 5.96. The van der Waals surface area contributed by atoms with Crippen LogP contribution in [0.15, 0.2) is 70.4 Å². The number of hydrogen-bond acceptors (Lipinski definition) is 5. The normalized spacial score (nSPS) is 10.7. The van der Waals surface area contributed by atoms with Crippen LogP contribution >= 0.6 is 34.9 Å². The molecule has 3 nitrogen and oxygen atoms in total. The van der Waals surface area contributed by atoms with E-state index in [1.807, 2.05) is 54.6 Å². The van der Waals surface area contributed by atoms with Crippen LogP contribution in [0.5, 0.6) is 0 Å². The van der Waals surface area contributed by atoms with Crippen molar-refractivity contribution in [3.05, 3.63) is 61.2 Å². The fourth-order valence-electron chi connectivity index (χ4n) is 2.07. The largest absolute Gasteiger partial charge is 0.324 e. The molecule has 3 aromatic rings. The molecule has 0 radical (unpaired) electrons. The lowest BCUT2D eigenvalue weighted by Gasteiger charge is -2.09. The van der Waals surface area contributed by atoms with Gasteiger partial charge in [0.1, 0.15) is 0 Å². The second kappa shape index (κ2) is 8.37. The number of amides is 1. The number of thiazole rings is 1. The van der Waals surface area contributed by atoms with E-state index in [-0.39, 0.29) is 5.91 Å². The first-order chi connectivity index (χ1) is 11.8. The average Bonchev–Trinajstić information content (AvgIpc) is 3.02. The minimum absolute atomic E-state index is 0.0223. The maximum absolute atomic E-state index is 12.2. The van der Waals surface area contributed by atoms with Gasteiger partial charge >= 0.3 is 0 Å². The van der Waals surface area contributed by atoms with Crippen molar-refractivity contribution in [3.8, 4) is 0 Å². The highest BCUT2D eigenvalue weighted by atomic mass is 32.2. The van der Waals surface area contributed by atoms with Crippen molar-refractivity contribution in [1.29, 1.82) is 0 Å². The van der Waals surface area contributed by atoms with E-state index in [4.69, 9.17) is 0 Å². The van der Waals surface area contributed by atoms with Gasteiger partial charge in [0.2, 0.25) is 5.91 Å². The molecule has 0 spiro atoms. The highest BCUT2D eigenvalue weighted by Gasteiger charge is 2.10. The summed E-state index contributed by atoms with van der Waals surface area (Å²) < 4.78 is 2.06. The van der Waals surface area contributed by atoms with E-state index in [9.17, 15) is 4.79 Å². The smallest absolute Gasteiger partial charge is 0.234 e. The molecule has 1 amide bonds. The number of para-hydroxylation sites is 2. The van der Waals surface area contributed by atoms with Crippen molar-refractivity contribution < 1.29 is 4.79 Å². The predicted molar refractivity (Wildman–Crippen MR) is 106 cm³/mol. The van der Waals surface area contributed by atoms with Gasteiger partial charge in [-0.3, -0.25) is 4.79 Å². The van der Waals surface area contributed by atoms with Crippen LogP contribution in [0.2, 0.25) is 0 Å². The van der Waals surface area contributed by atoms with E-state index >= 15 is 0 Å². The molecule has 0 bridgehead atoms. The number of nitrogens with one attached hydrogen (secondary N) is 1. The SMILES string of the molecule is C=CCSc1ccccc1NC(=O)CSc1nc2ccccc2s1.